The summed E-state index contributed by atoms with van der Waals surface area (Å²) >= 11 is 0. The van der Waals surface area contributed by atoms with E-state index in [9.17, 15) is 4.39 Å². The second kappa shape index (κ2) is 6.28. The standard InChI is InChI=1S/C15H23FN2/c1-3-12-4-7-14(8-5-12)18-11(2)15-9-6-13(16)10-17-15/h6,9-12,14,18H,3-5,7-8H2,1-2H3. The summed E-state index contributed by atoms with van der Waals surface area (Å²) in [5, 5.41) is 3.61. The SMILES string of the molecule is CCC1CCC(NC(C)c2ccc(F)cn2)CC1. The molecule has 100 valence electrons. The van der Waals surface area contributed by atoms with Crippen LogP contribution in [0, 0.1) is 11.7 Å². The van der Waals surface area contributed by atoms with Gasteiger partial charge in [0.2, 0.25) is 0 Å². The van der Waals surface area contributed by atoms with Gasteiger partial charge in [0.1, 0.15) is 5.82 Å². The van der Waals surface area contributed by atoms with Crippen LogP contribution < -0.4 is 5.32 Å². The topological polar surface area (TPSA) is 24.9 Å². The van der Waals surface area contributed by atoms with E-state index in [1.165, 1.54) is 44.4 Å². The van der Waals surface area contributed by atoms with Crippen molar-refractivity contribution in [1.29, 1.82) is 0 Å². The monoisotopic (exact) mass is 250 g/mol. The van der Waals surface area contributed by atoms with Crippen molar-refractivity contribution in [1.82, 2.24) is 10.3 Å². The minimum atomic E-state index is -0.269. The van der Waals surface area contributed by atoms with E-state index in [1.807, 2.05) is 0 Å². The molecule has 1 aliphatic rings. The fourth-order valence-electron chi connectivity index (χ4n) is 2.82. The third-order valence-corrected chi connectivity index (χ3v) is 4.10. The quantitative estimate of drug-likeness (QED) is 0.878. The Kier molecular flexibility index (Phi) is 4.70. The molecule has 1 atom stereocenters. The van der Waals surface area contributed by atoms with Crippen LogP contribution in [0.5, 0.6) is 0 Å². The number of aromatic nitrogens is 1. The Hall–Kier alpha value is -0.960. The summed E-state index contributed by atoms with van der Waals surface area (Å²) in [6.07, 6.45) is 7.77. The number of nitrogens with zero attached hydrogens (tertiary/aromatic N) is 1. The molecule has 1 heterocycles. The summed E-state index contributed by atoms with van der Waals surface area (Å²) in [4.78, 5) is 4.14. The third kappa shape index (κ3) is 3.52. The van der Waals surface area contributed by atoms with Crippen molar-refractivity contribution in [2.45, 2.75) is 58.0 Å². The number of pyridine rings is 1. The molecule has 0 aliphatic heterocycles. The first-order valence-electron chi connectivity index (χ1n) is 7.06. The fourth-order valence-corrected chi connectivity index (χ4v) is 2.82. The molecule has 1 N–H and O–H groups in total. The highest BCUT2D eigenvalue weighted by molar-refractivity contribution is 5.09. The maximum Gasteiger partial charge on any atom is 0.141 e. The maximum absolute atomic E-state index is 12.8. The first kappa shape index (κ1) is 13.5. The minimum absolute atomic E-state index is 0.203. The lowest BCUT2D eigenvalue weighted by atomic mass is 9.84. The molecule has 0 aromatic carbocycles. The predicted octanol–water partition coefficient (Wildman–Crippen LogP) is 3.84. The van der Waals surface area contributed by atoms with Gasteiger partial charge in [-0.3, -0.25) is 4.98 Å². The normalized spacial score (nSPS) is 25.9. The second-order valence-electron chi connectivity index (χ2n) is 5.42. The molecule has 0 amide bonds. The van der Waals surface area contributed by atoms with Crippen LogP contribution in [0.4, 0.5) is 4.39 Å². The zero-order valence-corrected chi connectivity index (χ0v) is 11.3. The van der Waals surface area contributed by atoms with Gasteiger partial charge in [-0.05, 0) is 50.7 Å². The number of rotatable bonds is 4. The van der Waals surface area contributed by atoms with Crippen LogP contribution in [-0.4, -0.2) is 11.0 Å². The van der Waals surface area contributed by atoms with Crippen molar-refractivity contribution in [2.75, 3.05) is 0 Å². The van der Waals surface area contributed by atoms with Gasteiger partial charge in [0, 0.05) is 12.1 Å². The molecule has 1 aromatic rings. The lowest BCUT2D eigenvalue weighted by molar-refractivity contribution is 0.272. The predicted molar refractivity (Wildman–Crippen MR) is 71.8 cm³/mol. The van der Waals surface area contributed by atoms with E-state index in [4.69, 9.17) is 0 Å². The van der Waals surface area contributed by atoms with Gasteiger partial charge in [-0.15, -0.1) is 0 Å². The van der Waals surface area contributed by atoms with E-state index in [0.717, 1.165) is 11.6 Å². The molecule has 2 rings (SSSR count). The third-order valence-electron chi connectivity index (χ3n) is 4.10. The largest absolute Gasteiger partial charge is 0.306 e. The second-order valence-corrected chi connectivity index (χ2v) is 5.42. The average Bonchev–Trinajstić information content (AvgIpc) is 2.40. The summed E-state index contributed by atoms with van der Waals surface area (Å²) in [5.41, 5.74) is 0.925. The Balaban J connectivity index is 1.84. The Labute approximate surface area is 109 Å². The van der Waals surface area contributed by atoms with Crippen LogP contribution >= 0.6 is 0 Å². The van der Waals surface area contributed by atoms with E-state index >= 15 is 0 Å². The zero-order chi connectivity index (χ0) is 13.0. The van der Waals surface area contributed by atoms with Crippen LogP contribution in [0.25, 0.3) is 0 Å². The van der Waals surface area contributed by atoms with Gasteiger partial charge >= 0.3 is 0 Å². The lowest BCUT2D eigenvalue weighted by Crippen LogP contribution is -2.35. The van der Waals surface area contributed by atoms with Crippen molar-refractivity contribution < 1.29 is 4.39 Å². The highest BCUT2D eigenvalue weighted by Gasteiger charge is 2.21. The zero-order valence-electron chi connectivity index (χ0n) is 11.3. The van der Waals surface area contributed by atoms with Gasteiger partial charge in [0.25, 0.3) is 0 Å². The van der Waals surface area contributed by atoms with E-state index in [-0.39, 0.29) is 11.9 Å². The maximum atomic E-state index is 12.8. The Morgan fingerprint density at radius 1 is 1.33 bits per heavy atom. The summed E-state index contributed by atoms with van der Waals surface area (Å²) in [6, 6.07) is 4.04. The Morgan fingerprint density at radius 2 is 2.06 bits per heavy atom. The number of nitrogens with one attached hydrogen (secondary N) is 1. The van der Waals surface area contributed by atoms with E-state index in [2.05, 4.69) is 24.1 Å². The van der Waals surface area contributed by atoms with Crippen LogP contribution in [0.15, 0.2) is 18.3 Å². The summed E-state index contributed by atoms with van der Waals surface area (Å²) in [6.45, 7) is 4.38. The molecule has 0 bridgehead atoms. The smallest absolute Gasteiger partial charge is 0.141 e. The lowest BCUT2D eigenvalue weighted by Gasteiger charge is -2.30. The van der Waals surface area contributed by atoms with Crippen LogP contribution in [0.3, 0.4) is 0 Å². The highest BCUT2D eigenvalue weighted by atomic mass is 19.1. The Bertz CT molecular complexity index is 355. The van der Waals surface area contributed by atoms with E-state index < -0.39 is 0 Å². The van der Waals surface area contributed by atoms with Gasteiger partial charge in [0.15, 0.2) is 0 Å². The molecule has 0 radical (unpaired) electrons. The van der Waals surface area contributed by atoms with Crippen molar-refractivity contribution in [3.63, 3.8) is 0 Å². The average molecular weight is 250 g/mol. The molecular weight excluding hydrogens is 227 g/mol. The molecule has 1 fully saturated rings. The fraction of sp³-hybridized carbons (Fsp3) is 0.667. The molecule has 2 nitrogen and oxygen atoms in total. The highest BCUT2D eigenvalue weighted by Crippen LogP contribution is 2.27. The van der Waals surface area contributed by atoms with Crippen molar-refractivity contribution in [3.8, 4) is 0 Å². The van der Waals surface area contributed by atoms with E-state index in [1.54, 1.807) is 6.07 Å². The number of hydrogen-bond donors (Lipinski definition) is 1. The van der Waals surface area contributed by atoms with Gasteiger partial charge < -0.3 is 5.32 Å². The first-order chi connectivity index (χ1) is 8.69. The van der Waals surface area contributed by atoms with Gasteiger partial charge in [-0.25, -0.2) is 4.39 Å². The molecule has 1 aromatic heterocycles. The van der Waals surface area contributed by atoms with E-state index in [0.29, 0.717) is 6.04 Å². The van der Waals surface area contributed by atoms with Crippen LogP contribution in [-0.2, 0) is 0 Å². The summed E-state index contributed by atoms with van der Waals surface area (Å²) in [7, 11) is 0. The first-order valence-corrected chi connectivity index (χ1v) is 7.06. The number of halogens is 1. The summed E-state index contributed by atoms with van der Waals surface area (Å²) in [5.74, 6) is 0.650. The molecule has 18 heavy (non-hydrogen) atoms. The molecule has 1 saturated carbocycles. The van der Waals surface area contributed by atoms with Crippen molar-refractivity contribution >= 4 is 0 Å². The Morgan fingerprint density at radius 3 is 2.61 bits per heavy atom. The molecule has 3 heteroatoms. The minimum Gasteiger partial charge on any atom is -0.306 e. The van der Waals surface area contributed by atoms with Crippen LogP contribution in [0.1, 0.15) is 57.7 Å². The summed E-state index contributed by atoms with van der Waals surface area (Å²) < 4.78 is 12.8. The van der Waals surface area contributed by atoms with Crippen LogP contribution in [0.2, 0.25) is 0 Å². The van der Waals surface area contributed by atoms with Gasteiger partial charge in [-0.1, -0.05) is 13.3 Å². The molecule has 0 saturated heterocycles. The van der Waals surface area contributed by atoms with Crippen molar-refractivity contribution in [3.05, 3.63) is 29.8 Å². The molecule has 1 unspecified atom stereocenters. The molecule has 1 aliphatic carbocycles. The van der Waals surface area contributed by atoms with Gasteiger partial charge in [0.05, 0.1) is 11.9 Å². The van der Waals surface area contributed by atoms with Crippen molar-refractivity contribution in [2.24, 2.45) is 5.92 Å². The molecular formula is C15H23FN2. The van der Waals surface area contributed by atoms with Gasteiger partial charge in [-0.2, -0.15) is 0 Å². The molecule has 0 spiro atoms. The number of hydrogen-bond acceptors (Lipinski definition) is 2.